The van der Waals surface area contributed by atoms with Crippen LogP contribution in [0.15, 0.2) is 24.3 Å². The SMILES string of the molecule is Cc1nc(NCCN2CCCC2)c(C(C)c2ccc(F)cc2)nc1C(=O)N[C@@H]1CCOC1. The zero-order valence-electron chi connectivity index (χ0n) is 18.9. The van der Waals surface area contributed by atoms with Crippen molar-refractivity contribution in [1.82, 2.24) is 20.2 Å². The van der Waals surface area contributed by atoms with E-state index in [2.05, 4.69) is 15.5 Å². The van der Waals surface area contributed by atoms with Gasteiger partial charge in [0, 0.05) is 25.6 Å². The Morgan fingerprint density at radius 1 is 1.25 bits per heavy atom. The average Bonchev–Trinajstić information content (AvgIpc) is 3.48. The minimum absolute atomic E-state index is 0.0000604. The van der Waals surface area contributed by atoms with Crippen LogP contribution in [-0.4, -0.2) is 66.2 Å². The second-order valence-corrected chi connectivity index (χ2v) is 8.67. The molecule has 2 N–H and O–H groups in total. The van der Waals surface area contributed by atoms with Crippen molar-refractivity contribution in [3.8, 4) is 0 Å². The third-order valence-corrected chi connectivity index (χ3v) is 6.28. The van der Waals surface area contributed by atoms with Gasteiger partial charge in [0.25, 0.3) is 5.91 Å². The van der Waals surface area contributed by atoms with Crippen molar-refractivity contribution in [3.05, 3.63) is 52.7 Å². The van der Waals surface area contributed by atoms with Gasteiger partial charge in [0.05, 0.1) is 24.0 Å². The van der Waals surface area contributed by atoms with Crippen LogP contribution in [0.3, 0.4) is 0 Å². The lowest BCUT2D eigenvalue weighted by Gasteiger charge is -2.21. The molecule has 172 valence electrons. The Bertz CT molecular complexity index is 925. The Morgan fingerprint density at radius 2 is 2.00 bits per heavy atom. The van der Waals surface area contributed by atoms with Gasteiger partial charge in [-0.15, -0.1) is 0 Å². The van der Waals surface area contributed by atoms with Gasteiger partial charge in [0.2, 0.25) is 0 Å². The molecule has 2 aliphatic rings. The second-order valence-electron chi connectivity index (χ2n) is 8.67. The molecule has 7 nitrogen and oxygen atoms in total. The molecule has 2 fully saturated rings. The van der Waals surface area contributed by atoms with Crippen LogP contribution in [0.2, 0.25) is 0 Å². The summed E-state index contributed by atoms with van der Waals surface area (Å²) >= 11 is 0. The molecule has 0 bridgehead atoms. The van der Waals surface area contributed by atoms with Crippen LogP contribution in [0, 0.1) is 12.7 Å². The number of aromatic nitrogens is 2. The molecule has 1 aromatic carbocycles. The maximum Gasteiger partial charge on any atom is 0.272 e. The smallest absolute Gasteiger partial charge is 0.272 e. The summed E-state index contributed by atoms with van der Waals surface area (Å²) in [5, 5.41) is 6.45. The summed E-state index contributed by atoms with van der Waals surface area (Å²) < 4.78 is 18.8. The maximum atomic E-state index is 13.5. The number of halogens is 1. The van der Waals surface area contributed by atoms with Crippen molar-refractivity contribution < 1.29 is 13.9 Å². The molecular formula is C24H32FN5O2. The van der Waals surface area contributed by atoms with Gasteiger partial charge in [0.15, 0.2) is 0 Å². The van der Waals surface area contributed by atoms with Crippen LogP contribution in [0.25, 0.3) is 0 Å². The average molecular weight is 442 g/mol. The summed E-state index contributed by atoms with van der Waals surface area (Å²) in [7, 11) is 0. The van der Waals surface area contributed by atoms with Crippen LogP contribution in [0.4, 0.5) is 10.2 Å². The van der Waals surface area contributed by atoms with Gasteiger partial charge >= 0.3 is 0 Å². The summed E-state index contributed by atoms with van der Waals surface area (Å²) in [5.74, 6) is 0.0130. The maximum absolute atomic E-state index is 13.5. The summed E-state index contributed by atoms with van der Waals surface area (Å²) in [5.41, 5.74) is 2.52. The molecule has 3 heterocycles. The number of rotatable bonds is 8. The van der Waals surface area contributed by atoms with Crippen molar-refractivity contribution in [3.63, 3.8) is 0 Å². The van der Waals surface area contributed by atoms with Crippen LogP contribution >= 0.6 is 0 Å². The van der Waals surface area contributed by atoms with Gasteiger partial charge < -0.3 is 20.3 Å². The highest BCUT2D eigenvalue weighted by atomic mass is 19.1. The number of benzene rings is 1. The number of hydrogen-bond acceptors (Lipinski definition) is 6. The number of nitrogens with zero attached hydrogens (tertiary/aromatic N) is 3. The molecule has 0 saturated carbocycles. The van der Waals surface area contributed by atoms with E-state index in [1.165, 1.54) is 25.0 Å². The molecule has 8 heteroatoms. The monoisotopic (exact) mass is 441 g/mol. The lowest BCUT2D eigenvalue weighted by Crippen LogP contribution is -2.36. The molecule has 1 aromatic heterocycles. The number of carbonyl (C=O) groups is 1. The van der Waals surface area contributed by atoms with Gasteiger partial charge in [-0.3, -0.25) is 4.79 Å². The molecule has 1 unspecified atom stereocenters. The fraction of sp³-hybridized carbons (Fsp3) is 0.542. The molecule has 0 aliphatic carbocycles. The molecule has 0 radical (unpaired) electrons. The number of aryl methyl sites for hydroxylation is 1. The predicted octanol–water partition coefficient (Wildman–Crippen LogP) is 3.10. The summed E-state index contributed by atoms with van der Waals surface area (Å²) in [4.78, 5) is 24.9. The van der Waals surface area contributed by atoms with E-state index in [1.807, 2.05) is 13.8 Å². The number of nitrogens with one attached hydrogen (secondary N) is 2. The van der Waals surface area contributed by atoms with E-state index in [0.717, 1.165) is 38.2 Å². The quantitative estimate of drug-likeness (QED) is 0.655. The Hall–Kier alpha value is -2.58. The van der Waals surface area contributed by atoms with Crippen LogP contribution < -0.4 is 10.6 Å². The normalized spacial score (nSPS) is 19.8. The van der Waals surface area contributed by atoms with Crippen molar-refractivity contribution in [2.75, 3.05) is 44.7 Å². The predicted molar refractivity (Wildman–Crippen MR) is 122 cm³/mol. The second kappa shape index (κ2) is 10.4. The Labute approximate surface area is 188 Å². The first-order chi connectivity index (χ1) is 15.5. The van der Waals surface area contributed by atoms with Crippen molar-refractivity contribution in [2.45, 2.75) is 45.1 Å². The highest BCUT2D eigenvalue weighted by molar-refractivity contribution is 5.93. The van der Waals surface area contributed by atoms with Gasteiger partial charge in [-0.25, -0.2) is 14.4 Å². The van der Waals surface area contributed by atoms with Crippen LogP contribution in [-0.2, 0) is 4.74 Å². The highest BCUT2D eigenvalue weighted by Gasteiger charge is 2.25. The fourth-order valence-electron chi connectivity index (χ4n) is 4.33. The van der Waals surface area contributed by atoms with E-state index in [4.69, 9.17) is 14.7 Å². The molecule has 32 heavy (non-hydrogen) atoms. The topological polar surface area (TPSA) is 79.4 Å². The minimum atomic E-state index is -0.279. The van der Waals surface area contributed by atoms with E-state index in [-0.39, 0.29) is 23.7 Å². The highest BCUT2D eigenvalue weighted by Crippen LogP contribution is 2.29. The molecule has 2 saturated heterocycles. The molecule has 4 rings (SSSR count). The lowest BCUT2D eigenvalue weighted by molar-refractivity contribution is 0.0923. The molecular weight excluding hydrogens is 409 g/mol. The van der Waals surface area contributed by atoms with E-state index in [1.54, 1.807) is 12.1 Å². The summed E-state index contributed by atoms with van der Waals surface area (Å²) in [6.07, 6.45) is 3.30. The van der Waals surface area contributed by atoms with Gasteiger partial charge in [0.1, 0.15) is 17.3 Å². The third-order valence-electron chi connectivity index (χ3n) is 6.28. The van der Waals surface area contributed by atoms with E-state index in [0.29, 0.717) is 36.1 Å². The van der Waals surface area contributed by atoms with Gasteiger partial charge in [-0.1, -0.05) is 19.1 Å². The van der Waals surface area contributed by atoms with Crippen LogP contribution in [0.5, 0.6) is 0 Å². The van der Waals surface area contributed by atoms with Crippen molar-refractivity contribution >= 4 is 11.7 Å². The number of likely N-dealkylation sites (tertiary alicyclic amines) is 1. The molecule has 2 aromatic rings. The van der Waals surface area contributed by atoms with E-state index in [9.17, 15) is 9.18 Å². The number of hydrogen-bond donors (Lipinski definition) is 2. The molecule has 0 spiro atoms. The zero-order valence-corrected chi connectivity index (χ0v) is 18.9. The third kappa shape index (κ3) is 5.42. The Morgan fingerprint density at radius 3 is 2.69 bits per heavy atom. The minimum Gasteiger partial charge on any atom is -0.379 e. The first-order valence-corrected chi connectivity index (χ1v) is 11.5. The lowest BCUT2D eigenvalue weighted by atomic mass is 9.97. The Balaban J connectivity index is 1.58. The van der Waals surface area contributed by atoms with Crippen molar-refractivity contribution in [1.29, 1.82) is 0 Å². The molecule has 1 amide bonds. The number of carbonyl (C=O) groups excluding carboxylic acids is 1. The first-order valence-electron chi connectivity index (χ1n) is 11.5. The molecule has 2 aliphatic heterocycles. The van der Waals surface area contributed by atoms with E-state index >= 15 is 0 Å². The largest absolute Gasteiger partial charge is 0.379 e. The zero-order chi connectivity index (χ0) is 22.5. The van der Waals surface area contributed by atoms with E-state index < -0.39 is 0 Å². The Kier molecular flexibility index (Phi) is 7.32. The summed E-state index contributed by atoms with van der Waals surface area (Å²) in [6, 6.07) is 6.40. The number of anilines is 1. The van der Waals surface area contributed by atoms with Gasteiger partial charge in [-0.05, 0) is 57.0 Å². The van der Waals surface area contributed by atoms with Gasteiger partial charge in [-0.2, -0.15) is 0 Å². The number of ether oxygens (including phenoxy) is 1. The number of amides is 1. The fourth-order valence-corrected chi connectivity index (χ4v) is 4.33. The van der Waals surface area contributed by atoms with Crippen LogP contribution in [0.1, 0.15) is 59.5 Å². The first kappa shape index (κ1) is 22.6. The standard InChI is InChI=1S/C24H32FN5O2/c1-16(18-5-7-19(25)8-6-18)21-23(26-10-13-30-11-3-4-12-30)27-17(2)22(29-21)24(31)28-20-9-14-32-15-20/h5-8,16,20H,3-4,9-15H2,1-2H3,(H,26,27)(H,28,31)/t16?,20-/m1/s1. The molecule has 2 atom stereocenters. The summed E-state index contributed by atoms with van der Waals surface area (Å²) in [6.45, 7) is 8.95. The van der Waals surface area contributed by atoms with Crippen molar-refractivity contribution in [2.24, 2.45) is 0 Å².